The third-order valence-electron chi connectivity index (χ3n) is 4.27. The Kier molecular flexibility index (Phi) is 7.18. The number of carbonyl (C=O) groups is 3. The van der Waals surface area contributed by atoms with Gasteiger partial charge in [0.2, 0.25) is 5.91 Å². The van der Waals surface area contributed by atoms with E-state index in [1.54, 1.807) is 42.5 Å². The standard InChI is InChI=1S/C21H23ClN2O4/c1-12(2)18(24-19(25)15-7-5-6-8-16(15)22)20(26)23-17-11-14(21(27)28-4)10-9-13(17)3/h5-12,18H,1-4H3,(H,23,26)(H,24,25)/t18-/m0/s1. The largest absolute Gasteiger partial charge is 0.465 e. The first-order valence-corrected chi connectivity index (χ1v) is 9.17. The number of methoxy groups -OCH3 is 1. The fourth-order valence-electron chi connectivity index (χ4n) is 2.61. The Morgan fingerprint density at radius 3 is 2.36 bits per heavy atom. The number of rotatable bonds is 6. The second-order valence-electron chi connectivity index (χ2n) is 6.69. The van der Waals surface area contributed by atoms with Gasteiger partial charge in [0.15, 0.2) is 0 Å². The summed E-state index contributed by atoms with van der Waals surface area (Å²) < 4.78 is 4.71. The molecule has 6 nitrogen and oxygen atoms in total. The number of hydrogen-bond acceptors (Lipinski definition) is 4. The summed E-state index contributed by atoms with van der Waals surface area (Å²) in [5.74, 6) is -1.49. The van der Waals surface area contributed by atoms with Crippen LogP contribution in [0.5, 0.6) is 0 Å². The highest BCUT2D eigenvalue weighted by atomic mass is 35.5. The number of hydrogen-bond donors (Lipinski definition) is 2. The molecule has 0 saturated heterocycles. The van der Waals surface area contributed by atoms with E-state index in [0.717, 1.165) is 5.56 Å². The van der Waals surface area contributed by atoms with Crippen LogP contribution in [0.4, 0.5) is 5.69 Å². The minimum absolute atomic E-state index is 0.171. The van der Waals surface area contributed by atoms with Gasteiger partial charge in [0.1, 0.15) is 6.04 Å². The zero-order valence-corrected chi connectivity index (χ0v) is 17.0. The number of carbonyl (C=O) groups excluding carboxylic acids is 3. The zero-order valence-electron chi connectivity index (χ0n) is 16.2. The van der Waals surface area contributed by atoms with Gasteiger partial charge >= 0.3 is 5.97 Å². The van der Waals surface area contributed by atoms with Gasteiger partial charge in [-0.2, -0.15) is 0 Å². The summed E-state index contributed by atoms with van der Waals surface area (Å²) in [6.45, 7) is 5.47. The monoisotopic (exact) mass is 402 g/mol. The highest BCUT2D eigenvalue weighted by Gasteiger charge is 2.26. The molecular formula is C21H23ClN2O4. The van der Waals surface area contributed by atoms with Crippen LogP contribution in [0.15, 0.2) is 42.5 Å². The van der Waals surface area contributed by atoms with Crippen molar-refractivity contribution in [3.05, 3.63) is 64.2 Å². The number of esters is 1. The maximum atomic E-state index is 12.8. The highest BCUT2D eigenvalue weighted by Crippen LogP contribution is 2.19. The van der Waals surface area contributed by atoms with Gasteiger partial charge in [-0.1, -0.05) is 43.6 Å². The Labute approximate surface area is 169 Å². The number of amides is 2. The average molecular weight is 403 g/mol. The number of nitrogens with one attached hydrogen (secondary N) is 2. The second-order valence-corrected chi connectivity index (χ2v) is 7.09. The molecule has 7 heteroatoms. The number of anilines is 1. The van der Waals surface area contributed by atoms with Crippen LogP contribution in [-0.4, -0.2) is 30.9 Å². The number of ether oxygens (including phenoxy) is 1. The molecule has 1 atom stereocenters. The Morgan fingerprint density at radius 1 is 1.07 bits per heavy atom. The number of aryl methyl sites for hydroxylation is 1. The Hall–Kier alpha value is -2.86. The molecule has 2 N–H and O–H groups in total. The number of benzene rings is 2. The van der Waals surface area contributed by atoms with E-state index in [4.69, 9.17) is 16.3 Å². The van der Waals surface area contributed by atoms with E-state index >= 15 is 0 Å². The van der Waals surface area contributed by atoms with Crippen LogP contribution in [0.1, 0.15) is 40.1 Å². The molecule has 2 rings (SSSR count). The summed E-state index contributed by atoms with van der Waals surface area (Å²) in [5, 5.41) is 5.83. The molecule has 2 aromatic carbocycles. The lowest BCUT2D eigenvalue weighted by atomic mass is 10.0. The molecule has 0 aliphatic carbocycles. The molecule has 0 radical (unpaired) electrons. The molecule has 0 saturated carbocycles. The van der Waals surface area contributed by atoms with Gasteiger partial charge in [0.25, 0.3) is 5.91 Å². The molecule has 0 aliphatic heterocycles. The van der Waals surface area contributed by atoms with E-state index < -0.39 is 17.9 Å². The van der Waals surface area contributed by atoms with Gasteiger partial charge < -0.3 is 15.4 Å². The molecule has 0 heterocycles. The van der Waals surface area contributed by atoms with E-state index in [0.29, 0.717) is 21.8 Å². The van der Waals surface area contributed by atoms with Crippen LogP contribution in [0, 0.1) is 12.8 Å². The third-order valence-corrected chi connectivity index (χ3v) is 4.60. The normalized spacial score (nSPS) is 11.6. The summed E-state index contributed by atoms with van der Waals surface area (Å²) in [4.78, 5) is 37.1. The first-order valence-electron chi connectivity index (χ1n) is 8.79. The third kappa shape index (κ3) is 5.10. The second kappa shape index (κ2) is 9.37. The van der Waals surface area contributed by atoms with Crippen LogP contribution >= 0.6 is 11.6 Å². The van der Waals surface area contributed by atoms with Gasteiger partial charge in [-0.25, -0.2) is 4.79 Å². The SMILES string of the molecule is COC(=O)c1ccc(C)c(NC(=O)[C@@H](NC(=O)c2ccccc2Cl)C(C)C)c1. The quantitative estimate of drug-likeness (QED) is 0.719. The molecule has 28 heavy (non-hydrogen) atoms. The fraction of sp³-hybridized carbons (Fsp3) is 0.286. The van der Waals surface area contributed by atoms with E-state index in [-0.39, 0.29) is 11.8 Å². The first-order chi connectivity index (χ1) is 13.2. The zero-order chi connectivity index (χ0) is 20.8. The predicted molar refractivity (Wildman–Crippen MR) is 109 cm³/mol. The topological polar surface area (TPSA) is 84.5 Å². The van der Waals surface area contributed by atoms with Crippen molar-refractivity contribution in [3.63, 3.8) is 0 Å². The van der Waals surface area contributed by atoms with Crippen molar-refractivity contribution in [1.82, 2.24) is 5.32 Å². The van der Waals surface area contributed by atoms with Crippen LogP contribution in [0.3, 0.4) is 0 Å². The van der Waals surface area contributed by atoms with Crippen LogP contribution < -0.4 is 10.6 Å². The van der Waals surface area contributed by atoms with Gasteiger partial charge in [-0.05, 0) is 42.7 Å². The van der Waals surface area contributed by atoms with Gasteiger partial charge in [-0.3, -0.25) is 9.59 Å². The molecule has 0 bridgehead atoms. The Balaban J connectivity index is 2.21. The number of halogens is 1. The Morgan fingerprint density at radius 2 is 1.75 bits per heavy atom. The van der Waals surface area contributed by atoms with Gasteiger partial charge in [-0.15, -0.1) is 0 Å². The summed E-state index contributed by atoms with van der Waals surface area (Å²) in [5.41, 5.74) is 1.88. The average Bonchev–Trinajstić information content (AvgIpc) is 2.66. The van der Waals surface area contributed by atoms with E-state index in [9.17, 15) is 14.4 Å². The molecule has 0 aromatic heterocycles. The summed E-state index contributed by atoms with van der Waals surface area (Å²) in [6.07, 6.45) is 0. The minimum Gasteiger partial charge on any atom is -0.465 e. The van der Waals surface area contributed by atoms with Crippen molar-refractivity contribution < 1.29 is 19.1 Å². The Bertz CT molecular complexity index is 896. The molecule has 0 unspecified atom stereocenters. The lowest BCUT2D eigenvalue weighted by Crippen LogP contribution is -2.47. The van der Waals surface area contributed by atoms with Crippen LogP contribution in [0.2, 0.25) is 5.02 Å². The molecule has 2 aromatic rings. The van der Waals surface area contributed by atoms with Crippen LogP contribution in [-0.2, 0) is 9.53 Å². The van der Waals surface area contributed by atoms with E-state index in [2.05, 4.69) is 10.6 Å². The van der Waals surface area contributed by atoms with Crippen molar-refractivity contribution >= 4 is 35.1 Å². The van der Waals surface area contributed by atoms with Gasteiger partial charge in [0, 0.05) is 5.69 Å². The van der Waals surface area contributed by atoms with Gasteiger partial charge in [0.05, 0.1) is 23.3 Å². The smallest absolute Gasteiger partial charge is 0.337 e. The molecule has 0 fully saturated rings. The van der Waals surface area contributed by atoms with E-state index in [1.165, 1.54) is 7.11 Å². The van der Waals surface area contributed by atoms with E-state index in [1.807, 2.05) is 20.8 Å². The maximum Gasteiger partial charge on any atom is 0.337 e. The van der Waals surface area contributed by atoms with Crippen molar-refractivity contribution in [1.29, 1.82) is 0 Å². The van der Waals surface area contributed by atoms with Crippen molar-refractivity contribution in [2.75, 3.05) is 12.4 Å². The molecular weight excluding hydrogens is 380 g/mol. The maximum absolute atomic E-state index is 12.8. The van der Waals surface area contributed by atoms with Crippen molar-refractivity contribution in [2.24, 2.45) is 5.92 Å². The lowest BCUT2D eigenvalue weighted by molar-refractivity contribution is -0.118. The summed E-state index contributed by atoms with van der Waals surface area (Å²) in [6, 6.07) is 10.7. The summed E-state index contributed by atoms with van der Waals surface area (Å²) in [7, 11) is 1.29. The van der Waals surface area contributed by atoms with Crippen molar-refractivity contribution in [3.8, 4) is 0 Å². The fourth-order valence-corrected chi connectivity index (χ4v) is 2.83. The summed E-state index contributed by atoms with van der Waals surface area (Å²) >= 11 is 6.07. The highest BCUT2D eigenvalue weighted by molar-refractivity contribution is 6.33. The minimum atomic E-state index is -0.787. The van der Waals surface area contributed by atoms with Crippen LogP contribution in [0.25, 0.3) is 0 Å². The molecule has 148 valence electrons. The van der Waals surface area contributed by atoms with Crippen molar-refractivity contribution in [2.45, 2.75) is 26.8 Å². The molecule has 0 aliphatic rings. The first kappa shape index (κ1) is 21.4. The predicted octanol–water partition coefficient (Wildman–Crippen LogP) is 3.83. The molecule has 0 spiro atoms. The lowest BCUT2D eigenvalue weighted by Gasteiger charge is -2.22. The molecule has 2 amide bonds.